The Balaban J connectivity index is 0.000000312. The number of hydrogen-bond acceptors (Lipinski definition) is 7. The number of amides is 1. The second-order valence-electron chi connectivity index (χ2n) is 8.31. The van der Waals surface area contributed by atoms with Crippen LogP contribution in [0.15, 0.2) is 96.2 Å². The van der Waals surface area contributed by atoms with Crippen LogP contribution < -0.4 is 9.47 Å². The van der Waals surface area contributed by atoms with Crippen molar-refractivity contribution in [3.63, 3.8) is 0 Å². The van der Waals surface area contributed by atoms with E-state index in [0.29, 0.717) is 41.4 Å². The van der Waals surface area contributed by atoms with E-state index in [1.54, 1.807) is 59.8 Å². The molecule has 0 saturated carbocycles. The van der Waals surface area contributed by atoms with Crippen molar-refractivity contribution in [1.29, 1.82) is 0 Å². The third kappa shape index (κ3) is 7.77. The molecule has 208 valence electrons. The predicted molar refractivity (Wildman–Crippen MR) is 137 cm³/mol. The van der Waals surface area contributed by atoms with Gasteiger partial charge in [-0.3, -0.25) is 9.35 Å². The van der Waals surface area contributed by atoms with Crippen molar-refractivity contribution in [2.75, 3.05) is 13.2 Å². The van der Waals surface area contributed by atoms with E-state index in [1.807, 2.05) is 0 Å². The normalized spacial score (nSPS) is 13.3. The van der Waals surface area contributed by atoms with E-state index in [9.17, 15) is 26.4 Å². The van der Waals surface area contributed by atoms with Crippen LogP contribution >= 0.6 is 0 Å². The lowest BCUT2D eigenvalue weighted by Gasteiger charge is -2.19. The van der Waals surface area contributed by atoms with Gasteiger partial charge in [0.25, 0.3) is 16.0 Å². The van der Waals surface area contributed by atoms with Crippen LogP contribution in [0, 0.1) is 0 Å². The fraction of sp³-hybridized carbons (Fsp3) is 0.148. The Morgan fingerprint density at radius 1 is 0.925 bits per heavy atom. The maximum Gasteiger partial charge on any atom is 0.573 e. The minimum Gasteiger partial charge on any atom is -0.491 e. The van der Waals surface area contributed by atoms with Crippen LogP contribution in [0.4, 0.5) is 13.2 Å². The predicted octanol–water partition coefficient (Wildman–Crippen LogP) is 5.01. The fourth-order valence-electron chi connectivity index (χ4n) is 3.71. The summed E-state index contributed by atoms with van der Waals surface area (Å²) in [5.41, 5.74) is 1.68. The number of aromatic nitrogens is 2. The second-order valence-corrected chi connectivity index (χ2v) is 9.73. The minimum absolute atomic E-state index is 0.0741. The molecule has 1 aliphatic rings. The van der Waals surface area contributed by atoms with Crippen molar-refractivity contribution in [2.45, 2.75) is 17.8 Å². The molecule has 9 nitrogen and oxygen atoms in total. The first-order valence-electron chi connectivity index (χ1n) is 11.7. The summed E-state index contributed by atoms with van der Waals surface area (Å²) < 4.78 is 75.9. The highest BCUT2D eigenvalue weighted by Gasteiger charge is 2.31. The molecule has 0 saturated heterocycles. The summed E-state index contributed by atoms with van der Waals surface area (Å²) in [5, 5.41) is 0. The van der Waals surface area contributed by atoms with Crippen molar-refractivity contribution in [2.24, 2.45) is 0 Å². The molecule has 0 aliphatic carbocycles. The Kier molecular flexibility index (Phi) is 8.65. The highest BCUT2D eigenvalue weighted by molar-refractivity contribution is 7.85. The Bertz CT molecular complexity index is 1550. The van der Waals surface area contributed by atoms with Crippen LogP contribution in [0.1, 0.15) is 16.2 Å². The fourth-order valence-corrected chi connectivity index (χ4v) is 4.22. The lowest BCUT2D eigenvalue weighted by atomic mass is 10.0. The van der Waals surface area contributed by atoms with E-state index in [-0.39, 0.29) is 23.1 Å². The van der Waals surface area contributed by atoms with E-state index in [0.717, 1.165) is 0 Å². The molecule has 0 fully saturated rings. The van der Waals surface area contributed by atoms with E-state index in [1.165, 1.54) is 36.4 Å². The van der Waals surface area contributed by atoms with Gasteiger partial charge in [0.05, 0.1) is 23.5 Å². The van der Waals surface area contributed by atoms with Crippen molar-refractivity contribution in [3.8, 4) is 22.6 Å². The Hall–Kier alpha value is -4.49. The van der Waals surface area contributed by atoms with Crippen LogP contribution in [0.25, 0.3) is 11.1 Å². The van der Waals surface area contributed by atoms with Crippen LogP contribution in [-0.4, -0.2) is 53.3 Å². The van der Waals surface area contributed by atoms with Gasteiger partial charge in [0.1, 0.15) is 23.9 Å². The number of fused-ring (bicyclic) bond motifs is 1. The van der Waals surface area contributed by atoms with Crippen LogP contribution in [0.2, 0.25) is 0 Å². The number of rotatable bonds is 5. The van der Waals surface area contributed by atoms with E-state index < -0.39 is 16.5 Å². The number of nitrogens with zero attached hydrogens (tertiary/aromatic N) is 3. The molecule has 1 N–H and O–H groups in total. The Morgan fingerprint density at radius 3 is 2.17 bits per heavy atom. The molecular weight excluding hydrogens is 551 g/mol. The monoisotopic (exact) mass is 573 g/mol. The molecule has 2 heterocycles. The molecule has 3 aromatic carbocycles. The van der Waals surface area contributed by atoms with E-state index in [2.05, 4.69) is 14.7 Å². The first-order chi connectivity index (χ1) is 19.0. The molecule has 0 unspecified atom stereocenters. The van der Waals surface area contributed by atoms with E-state index >= 15 is 0 Å². The quantitative estimate of drug-likeness (QED) is 0.331. The number of carbonyl (C=O) groups is 1. The standard InChI is InChI=1S/C21H16F3N3O3.C6H6O3S/c22-21(23,24)30-16-5-2-14(3-6-16)15-4-7-18-17(12-15)20(28)27(10-11-29-18)13-19-25-8-1-9-26-19;7-10(8,9)6-4-2-1-3-5-6/h1-9,12H,10-11,13H2;1-5H,(H,7,8,9). The van der Waals surface area contributed by atoms with Gasteiger partial charge < -0.3 is 14.4 Å². The Morgan fingerprint density at radius 2 is 1.57 bits per heavy atom. The molecule has 4 aromatic rings. The first kappa shape index (κ1) is 28.5. The molecular formula is C27H22F3N3O6S. The van der Waals surface area contributed by atoms with Gasteiger partial charge >= 0.3 is 6.36 Å². The zero-order chi connectivity index (χ0) is 28.8. The molecule has 1 amide bonds. The summed E-state index contributed by atoms with van der Waals surface area (Å²) in [6, 6.07) is 19.7. The summed E-state index contributed by atoms with van der Waals surface area (Å²) in [5.74, 6) is 0.436. The topological polar surface area (TPSA) is 119 Å². The lowest BCUT2D eigenvalue weighted by Crippen LogP contribution is -2.32. The molecule has 0 spiro atoms. The van der Waals surface area contributed by atoms with Crippen LogP contribution in [0.3, 0.4) is 0 Å². The van der Waals surface area contributed by atoms with Gasteiger partial charge in [-0.1, -0.05) is 36.4 Å². The van der Waals surface area contributed by atoms with E-state index in [4.69, 9.17) is 9.29 Å². The molecule has 1 aromatic heterocycles. The highest BCUT2D eigenvalue weighted by atomic mass is 32.2. The van der Waals surface area contributed by atoms with Crippen LogP contribution in [0.5, 0.6) is 11.5 Å². The number of ether oxygens (including phenoxy) is 2. The number of halogens is 3. The van der Waals surface area contributed by atoms with Gasteiger partial charge in [-0.2, -0.15) is 8.42 Å². The van der Waals surface area contributed by atoms with Gasteiger partial charge in [0, 0.05) is 12.4 Å². The van der Waals surface area contributed by atoms with Crippen molar-refractivity contribution >= 4 is 16.0 Å². The third-order valence-corrected chi connectivity index (χ3v) is 6.40. The average Bonchev–Trinajstić information content (AvgIpc) is 3.07. The van der Waals surface area contributed by atoms with Gasteiger partial charge in [-0.25, -0.2) is 9.97 Å². The van der Waals surface area contributed by atoms with Crippen molar-refractivity contribution < 1.29 is 40.4 Å². The van der Waals surface area contributed by atoms with Gasteiger partial charge in [-0.05, 0) is 53.6 Å². The number of hydrogen-bond donors (Lipinski definition) is 1. The maximum atomic E-state index is 13.1. The number of alkyl halides is 3. The smallest absolute Gasteiger partial charge is 0.491 e. The molecule has 5 rings (SSSR count). The summed E-state index contributed by atoms with van der Waals surface area (Å²) in [4.78, 5) is 22.9. The summed E-state index contributed by atoms with van der Waals surface area (Å²) in [6.07, 6.45) is -1.53. The summed E-state index contributed by atoms with van der Waals surface area (Å²) in [6.45, 7) is 0.954. The molecule has 0 radical (unpaired) electrons. The zero-order valence-electron chi connectivity index (χ0n) is 20.7. The number of carbonyl (C=O) groups excluding carboxylic acids is 1. The Labute approximate surface area is 227 Å². The first-order valence-corrected chi connectivity index (χ1v) is 13.1. The van der Waals surface area contributed by atoms with Gasteiger partial charge in [0.2, 0.25) is 0 Å². The summed E-state index contributed by atoms with van der Waals surface area (Å²) >= 11 is 0. The summed E-state index contributed by atoms with van der Waals surface area (Å²) in [7, 11) is -4.00. The SMILES string of the molecule is O=C1c2cc(-c3ccc(OC(F)(F)F)cc3)ccc2OCCN1Cc1ncccn1.O=S(=O)(O)c1ccccc1. The maximum absolute atomic E-state index is 13.1. The lowest BCUT2D eigenvalue weighted by molar-refractivity contribution is -0.274. The molecule has 0 bridgehead atoms. The van der Waals surface area contributed by atoms with Gasteiger partial charge in [0.15, 0.2) is 0 Å². The second kappa shape index (κ2) is 12.1. The highest BCUT2D eigenvalue weighted by Crippen LogP contribution is 2.31. The molecule has 1 aliphatic heterocycles. The van der Waals surface area contributed by atoms with Crippen molar-refractivity contribution in [3.05, 3.63) is 103 Å². The van der Waals surface area contributed by atoms with Crippen LogP contribution in [-0.2, 0) is 16.7 Å². The molecule has 13 heteroatoms. The third-order valence-electron chi connectivity index (χ3n) is 5.53. The largest absolute Gasteiger partial charge is 0.573 e. The zero-order valence-corrected chi connectivity index (χ0v) is 21.5. The van der Waals surface area contributed by atoms with Gasteiger partial charge in [-0.15, -0.1) is 13.2 Å². The molecule has 40 heavy (non-hydrogen) atoms. The molecule has 0 atom stereocenters. The average molecular weight is 574 g/mol. The van der Waals surface area contributed by atoms with Crippen molar-refractivity contribution in [1.82, 2.24) is 14.9 Å². The minimum atomic E-state index is -4.75. The number of benzene rings is 3.